The quantitative estimate of drug-likeness (QED) is 0.851. The molecule has 98 valence electrons. The third kappa shape index (κ3) is 2.49. The van der Waals surface area contributed by atoms with Gasteiger partial charge in [0.1, 0.15) is 5.75 Å². The second kappa shape index (κ2) is 4.97. The summed E-state index contributed by atoms with van der Waals surface area (Å²) in [6.07, 6.45) is 2.24. The number of aliphatic carboxylic acids is 1. The Kier molecular flexibility index (Phi) is 3.37. The van der Waals surface area contributed by atoms with Crippen molar-refractivity contribution in [3.8, 4) is 5.75 Å². The number of hydrogen-bond acceptors (Lipinski definition) is 3. The molecule has 5 nitrogen and oxygen atoms in total. The number of methoxy groups -OCH3 is 1. The Morgan fingerprint density at radius 2 is 2.11 bits per heavy atom. The summed E-state index contributed by atoms with van der Waals surface area (Å²) < 4.78 is 6.61. The van der Waals surface area contributed by atoms with Crippen LogP contribution in [-0.2, 0) is 11.8 Å². The minimum atomic E-state index is -1.09. The summed E-state index contributed by atoms with van der Waals surface area (Å²) >= 11 is 0. The molecule has 0 amide bonds. The first-order valence-electron chi connectivity index (χ1n) is 5.61. The van der Waals surface area contributed by atoms with Crippen LogP contribution < -0.4 is 10.3 Å². The largest absolute Gasteiger partial charge is 0.497 e. The van der Waals surface area contributed by atoms with E-state index in [1.807, 2.05) is 0 Å². The maximum absolute atomic E-state index is 12.0. The monoisotopic (exact) mass is 259 g/mol. The normalized spacial score (nSPS) is 11.1. The van der Waals surface area contributed by atoms with Crippen LogP contribution in [0.5, 0.6) is 5.75 Å². The summed E-state index contributed by atoms with van der Waals surface area (Å²) in [5.41, 5.74) is 0.846. The molecular formula is C14H13NO4. The Bertz CT molecular complexity index is 728. The van der Waals surface area contributed by atoms with Gasteiger partial charge < -0.3 is 14.4 Å². The van der Waals surface area contributed by atoms with Gasteiger partial charge in [0.05, 0.1) is 12.6 Å². The Labute approximate surface area is 109 Å². The molecule has 0 aliphatic heterocycles. The third-order valence-electron chi connectivity index (χ3n) is 2.86. The molecule has 0 saturated carbocycles. The summed E-state index contributed by atoms with van der Waals surface area (Å²) in [4.78, 5) is 22.6. The molecule has 19 heavy (non-hydrogen) atoms. The number of rotatable bonds is 3. The van der Waals surface area contributed by atoms with E-state index in [1.54, 1.807) is 38.4 Å². The van der Waals surface area contributed by atoms with E-state index in [4.69, 9.17) is 9.84 Å². The highest BCUT2D eigenvalue weighted by Gasteiger charge is 2.06. The van der Waals surface area contributed by atoms with Crippen LogP contribution in [0.4, 0.5) is 0 Å². The Morgan fingerprint density at radius 1 is 1.37 bits per heavy atom. The van der Waals surface area contributed by atoms with E-state index in [9.17, 15) is 9.59 Å². The first-order chi connectivity index (χ1) is 9.02. The highest BCUT2D eigenvalue weighted by molar-refractivity contribution is 5.87. The zero-order chi connectivity index (χ0) is 14.0. The molecule has 0 unspecified atom stereocenters. The van der Waals surface area contributed by atoms with Gasteiger partial charge >= 0.3 is 5.97 Å². The van der Waals surface area contributed by atoms with Crippen LogP contribution in [-0.4, -0.2) is 22.8 Å². The minimum Gasteiger partial charge on any atom is -0.497 e. The van der Waals surface area contributed by atoms with Crippen LogP contribution in [0.15, 0.2) is 35.1 Å². The molecule has 0 bridgehead atoms. The van der Waals surface area contributed by atoms with Gasteiger partial charge in [0.25, 0.3) is 5.56 Å². The molecule has 0 aliphatic rings. The number of aromatic nitrogens is 1. The highest BCUT2D eigenvalue weighted by atomic mass is 16.5. The van der Waals surface area contributed by atoms with Crippen LogP contribution in [0.2, 0.25) is 0 Å². The van der Waals surface area contributed by atoms with Crippen molar-refractivity contribution in [2.75, 3.05) is 7.11 Å². The number of nitrogens with zero attached hydrogens (tertiary/aromatic N) is 1. The number of benzene rings is 1. The van der Waals surface area contributed by atoms with Crippen molar-refractivity contribution in [1.29, 1.82) is 0 Å². The van der Waals surface area contributed by atoms with Crippen LogP contribution in [0.1, 0.15) is 5.56 Å². The number of pyridine rings is 1. The fraction of sp³-hybridized carbons (Fsp3) is 0.143. The Hall–Kier alpha value is -2.56. The Morgan fingerprint density at radius 3 is 2.74 bits per heavy atom. The first-order valence-corrected chi connectivity index (χ1v) is 5.61. The van der Waals surface area contributed by atoms with Crippen LogP contribution in [0.3, 0.4) is 0 Å². The number of ether oxygens (including phenoxy) is 1. The summed E-state index contributed by atoms with van der Waals surface area (Å²) in [6, 6.07) is 7.02. The zero-order valence-corrected chi connectivity index (χ0v) is 10.6. The third-order valence-corrected chi connectivity index (χ3v) is 2.86. The topological polar surface area (TPSA) is 68.5 Å². The summed E-state index contributed by atoms with van der Waals surface area (Å²) in [5, 5.41) is 9.43. The fourth-order valence-electron chi connectivity index (χ4n) is 1.89. The molecule has 1 aromatic heterocycles. The molecule has 0 saturated heterocycles. The van der Waals surface area contributed by atoms with Crippen molar-refractivity contribution in [3.63, 3.8) is 0 Å². The molecular weight excluding hydrogens is 246 g/mol. The van der Waals surface area contributed by atoms with Gasteiger partial charge in [0.15, 0.2) is 0 Å². The summed E-state index contributed by atoms with van der Waals surface area (Å²) in [6.45, 7) is 0. The maximum Gasteiger partial charge on any atom is 0.328 e. The molecule has 0 fully saturated rings. The van der Waals surface area contributed by atoms with Gasteiger partial charge in [-0.2, -0.15) is 0 Å². The molecule has 1 heterocycles. The molecule has 2 rings (SSSR count). The maximum atomic E-state index is 12.0. The summed E-state index contributed by atoms with van der Waals surface area (Å²) in [5.74, 6) is -0.410. The van der Waals surface area contributed by atoms with E-state index in [1.165, 1.54) is 10.6 Å². The fourth-order valence-corrected chi connectivity index (χ4v) is 1.89. The van der Waals surface area contributed by atoms with Gasteiger partial charge in [-0.3, -0.25) is 4.79 Å². The van der Waals surface area contributed by atoms with E-state index in [-0.39, 0.29) is 5.56 Å². The smallest absolute Gasteiger partial charge is 0.328 e. The molecule has 1 N–H and O–H groups in total. The minimum absolute atomic E-state index is 0.241. The number of aryl methyl sites for hydroxylation is 1. The van der Waals surface area contributed by atoms with Crippen LogP contribution in [0, 0.1) is 0 Å². The van der Waals surface area contributed by atoms with E-state index < -0.39 is 5.97 Å². The number of carboxylic acids is 1. The number of carboxylic acid groups (broad SMARTS) is 1. The average molecular weight is 259 g/mol. The lowest BCUT2D eigenvalue weighted by atomic mass is 10.1. The standard InChI is InChI=1S/C14H13NO4/c1-15-12-5-4-11(19-2)8-10(12)7-9(14(15)18)3-6-13(16)17/h3-8H,1-2H3,(H,16,17)/b6-3+. The molecule has 1 aromatic carbocycles. The van der Waals surface area contributed by atoms with Crippen molar-refractivity contribution in [2.24, 2.45) is 7.05 Å². The van der Waals surface area contributed by atoms with Crippen LogP contribution in [0.25, 0.3) is 17.0 Å². The predicted octanol–water partition coefficient (Wildman–Crippen LogP) is 1.64. The highest BCUT2D eigenvalue weighted by Crippen LogP contribution is 2.20. The van der Waals surface area contributed by atoms with Crippen molar-refractivity contribution in [2.45, 2.75) is 0 Å². The van der Waals surface area contributed by atoms with Crippen molar-refractivity contribution in [3.05, 3.63) is 46.3 Å². The predicted molar refractivity (Wildman–Crippen MR) is 72.4 cm³/mol. The number of fused-ring (bicyclic) bond motifs is 1. The van der Waals surface area contributed by atoms with Gasteiger partial charge in [0, 0.05) is 24.1 Å². The molecule has 0 atom stereocenters. The van der Waals surface area contributed by atoms with Gasteiger partial charge in [-0.25, -0.2) is 4.79 Å². The van der Waals surface area contributed by atoms with Crippen LogP contribution >= 0.6 is 0 Å². The van der Waals surface area contributed by atoms with Gasteiger partial charge in [-0.1, -0.05) is 0 Å². The molecule has 0 aliphatic carbocycles. The second-order valence-corrected chi connectivity index (χ2v) is 4.06. The van der Waals surface area contributed by atoms with E-state index >= 15 is 0 Å². The van der Waals surface area contributed by atoms with Gasteiger partial charge in [-0.15, -0.1) is 0 Å². The second-order valence-electron chi connectivity index (χ2n) is 4.06. The van der Waals surface area contributed by atoms with E-state index in [0.29, 0.717) is 11.3 Å². The molecule has 5 heteroatoms. The van der Waals surface area contributed by atoms with Gasteiger partial charge in [0.2, 0.25) is 0 Å². The Balaban J connectivity index is 2.69. The zero-order valence-electron chi connectivity index (χ0n) is 10.6. The lowest BCUT2D eigenvalue weighted by Crippen LogP contribution is -2.19. The molecule has 0 spiro atoms. The molecule has 2 aromatic rings. The van der Waals surface area contributed by atoms with Crippen molar-refractivity contribution < 1.29 is 14.6 Å². The molecule has 0 radical (unpaired) electrons. The number of hydrogen-bond donors (Lipinski definition) is 1. The lowest BCUT2D eigenvalue weighted by molar-refractivity contribution is -0.131. The average Bonchev–Trinajstić information content (AvgIpc) is 2.40. The van der Waals surface area contributed by atoms with E-state index in [2.05, 4.69) is 0 Å². The van der Waals surface area contributed by atoms with Gasteiger partial charge in [-0.05, 0) is 30.3 Å². The van der Waals surface area contributed by atoms with E-state index in [0.717, 1.165) is 17.0 Å². The lowest BCUT2D eigenvalue weighted by Gasteiger charge is -2.08. The summed E-state index contributed by atoms with van der Waals surface area (Å²) in [7, 11) is 3.21. The van der Waals surface area contributed by atoms with Crippen molar-refractivity contribution in [1.82, 2.24) is 4.57 Å². The SMILES string of the molecule is COc1ccc2c(c1)cc(/C=C/C(=O)O)c(=O)n2C. The number of carbonyl (C=O) groups is 1. The van der Waals surface area contributed by atoms with Crippen molar-refractivity contribution >= 4 is 22.9 Å². The first kappa shape index (κ1) is 12.9.